The van der Waals surface area contributed by atoms with E-state index in [4.69, 9.17) is 16.3 Å². The number of ether oxygens (including phenoxy) is 1. The van der Waals surface area contributed by atoms with E-state index >= 15 is 0 Å². The Balaban J connectivity index is 1.79. The molecule has 1 fully saturated rings. The minimum absolute atomic E-state index is 0.0259. The van der Waals surface area contributed by atoms with Crippen LogP contribution in [0, 0.1) is 13.8 Å². The van der Waals surface area contributed by atoms with E-state index in [0.29, 0.717) is 44.2 Å². The first kappa shape index (κ1) is 17.6. The topological polar surface area (TPSA) is 49.9 Å². The zero-order valence-electron chi connectivity index (χ0n) is 13.7. The van der Waals surface area contributed by atoms with Crippen LogP contribution >= 0.6 is 11.6 Å². The minimum atomic E-state index is -0.0485. The zero-order chi connectivity index (χ0) is 16.8. The van der Waals surface area contributed by atoms with Crippen LogP contribution in [0.1, 0.15) is 17.5 Å². The van der Waals surface area contributed by atoms with Gasteiger partial charge in [0.15, 0.2) is 6.61 Å². The van der Waals surface area contributed by atoms with E-state index < -0.39 is 0 Å². The Morgan fingerprint density at radius 3 is 2.22 bits per heavy atom. The molecule has 0 radical (unpaired) electrons. The number of amides is 2. The van der Waals surface area contributed by atoms with Gasteiger partial charge in [-0.2, -0.15) is 0 Å². The molecule has 1 aromatic rings. The molecule has 0 aromatic heterocycles. The van der Waals surface area contributed by atoms with Crippen LogP contribution in [-0.2, 0) is 9.59 Å². The lowest BCUT2D eigenvalue weighted by molar-refractivity contribution is -0.140. The number of alkyl halides is 1. The van der Waals surface area contributed by atoms with E-state index in [2.05, 4.69) is 0 Å². The first-order valence-electron chi connectivity index (χ1n) is 7.83. The van der Waals surface area contributed by atoms with Crippen molar-refractivity contribution in [1.82, 2.24) is 9.80 Å². The number of aryl methyl sites for hydroxylation is 2. The first-order valence-corrected chi connectivity index (χ1v) is 8.36. The third-order valence-corrected chi connectivity index (χ3v) is 4.32. The van der Waals surface area contributed by atoms with E-state index in [1.807, 2.05) is 32.0 Å². The van der Waals surface area contributed by atoms with E-state index in [1.54, 1.807) is 9.80 Å². The maximum absolute atomic E-state index is 12.2. The van der Waals surface area contributed by atoms with Crippen molar-refractivity contribution >= 4 is 23.4 Å². The molecule has 1 aromatic carbocycles. The van der Waals surface area contributed by atoms with Gasteiger partial charge in [-0.15, -0.1) is 11.6 Å². The normalized spacial score (nSPS) is 14.7. The van der Waals surface area contributed by atoms with Gasteiger partial charge in [0.2, 0.25) is 5.91 Å². The van der Waals surface area contributed by atoms with Crippen LogP contribution in [0.25, 0.3) is 0 Å². The van der Waals surface area contributed by atoms with Crippen molar-refractivity contribution in [2.24, 2.45) is 0 Å². The summed E-state index contributed by atoms with van der Waals surface area (Å²) in [5.74, 6) is 1.05. The number of carbonyl (C=O) groups excluding carboxylic acids is 2. The van der Waals surface area contributed by atoms with E-state index in [0.717, 1.165) is 5.56 Å². The largest absolute Gasteiger partial charge is 0.484 e. The van der Waals surface area contributed by atoms with Crippen LogP contribution in [0.5, 0.6) is 5.75 Å². The molecule has 0 atom stereocenters. The average Bonchev–Trinajstić information content (AvgIpc) is 2.56. The highest BCUT2D eigenvalue weighted by Crippen LogP contribution is 2.16. The maximum Gasteiger partial charge on any atom is 0.260 e. The predicted molar refractivity (Wildman–Crippen MR) is 89.9 cm³/mol. The van der Waals surface area contributed by atoms with Crippen molar-refractivity contribution in [3.05, 3.63) is 29.3 Å². The summed E-state index contributed by atoms with van der Waals surface area (Å²) in [6.45, 7) is 6.29. The molecule has 1 aliphatic heterocycles. The van der Waals surface area contributed by atoms with Gasteiger partial charge in [-0.1, -0.05) is 6.07 Å². The SMILES string of the molecule is Cc1ccc(OCC(=O)N2CCN(C(=O)CCCl)CC2)cc1C. The molecule has 5 nitrogen and oxygen atoms in total. The lowest BCUT2D eigenvalue weighted by Gasteiger charge is -2.34. The van der Waals surface area contributed by atoms with Crippen LogP contribution < -0.4 is 4.74 Å². The molecule has 0 saturated carbocycles. The van der Waals surface area contributed by atoms with Gasteiger partial charge in [0.25, 0.3) is 5.91 Å². The lowest BCUT2D eigenvalue weighted by atomic mass is 10.1. The summed E-state index contributed by atoms with van der Waals surface area (Å²) in [6.07, 6.45) is 0.353. The van der Waals surface area contributed by atoms with Crippen LogP contribution in [0.3, 0.4) is 0 Å². The molecule has 2 amide bonds. The van der Waals surface area contributed by atoms with Crippen LogP contribution in [-0.4, -0.2) is 60.3 Å². The molecule has 0 spiro atoms. The Labute approximate surface area is 142 Å². The second-order valence-corrected chi connectivity index (χ2v) is 6.11. The van der Waals surface area contributed by atoms with Crippen molar-refractivity contribution in [3.8, 4) is 5.75 Å². The molecule has 1 aliphatic rings. The van der Waals surface area contributed by atoms with Crippen LogP contribution in [0.2, 0.25) is 0 Å². The second-order valence-electron chi connectivity index (χ2n) is 5.74. The lowest BCUT2D eigenvalue weighted by Crippen LogP contribution is -2.51. The van der Waals surface area contributed by atoms with Gasteiger partial charge in [-0.3, -0.25) is 9.59 Å². The van der Waals surface area contributed by atoms with Gasteiger partial charge in [0.05, 0.1) is 0 Å². The van der Waals surface area contributed by atoms with Gasteiger partial charge >= 0.3 is 0 Å². The summed E-state index contributed by atoms with van der Waals surface area (Å²) in [4.78, 5) is 27.5. The Morgan fingerprint density at radius 1 is 1.04 bits per heavy atom. The predicted octanol–water partition coefficient (Wildman–Crippen LogP) is 1.98. The summed E-state index contributed by atoms with van der Waals surface area (Å²) in [7, 11) is 0. The Kier molecular flexibility index (Phi) is 6.28. The smallest absolute Gasteiger partial charge is 0.260 e. The number of nitrogens with zero attached hydrogens (tertiary/aromatic N) is 2. The number of piperazine rings is 1. The summed E-state index contributed by atoms with van der Waals surface area (Å²) in [5.41, 5.74) is 2.34. The van der Waals surface area contributed by atoms with E-state index in [-0.39, 0.29) is 18.4 Å². The number of halogens is 1. The first-order chi connectivity index (χ1) is 11.0. The fourth-order valence-corrected chi connectivity index (χ4v) is 2.65. The van der Waals surface area contributed by atoms with Crippen molar-refractivity contribution in [3.63, 3.8) is 0 Å². The Hall–Kier alpha value is -1.75. The third kappa shape index (κ3) is 4.86. The molecular weight excluding hydrogens is 316 g/mol. The van der Waals surface area contributed by atoms with Crippen molar-refractivity contribution in [1.29, 1.82) is 0 Å². The molecule has 0 bridgehead atoms. The molecule has 0 aliphatic carbocycles. The molecule has 2 rings (SSSR count). The number of carbonyl (C=O) groups is 2. The molecule has 23 heavy (non-hydrogen) atoms. The maximum atomic E-state index is 12.2. The van der Waals surface area contributed by atoms with Crippen LogP contribution in [0.15, 0.2) is 18.2 Å². The quantitative estimate of drug-likeness (QED) is 0.771. The number of hydrogen-bond donors (Lipinski definition) is 0. The summed E-state index contributed by atoms with van der Waals surface area (Å²) in [5, 5.41) is 0. The molecule has 0 N–H and O–H groups in total. The summed E-state index contributed by atoms with van der Waals surface area (Å²) >= 11 is 5.59. The Morgan fingerprint density at radius 2 is 1.65 bits per heavy atom. The van der Waals surface area contributed by atoms with Gasteiger partial charge in [-0.05, 0) is 37.1 Å². The summed E-state index contributed by atoms with van der Waals surface area (Å²) < 4.78 is 5.58. The van der Waals surface area contributed by atoms with Gasteiger partial charge < -0.3 is 14.5 Å². The van der Waals surface area contributed by atoms with Gasteiger partial charge in [0.1, 0.15) is 5.75 Å². The van der Waals surface area contributed by atoms with Gasteiger partial charge in [-0.25, -0.2) is 0 Å². The molecule has 0 unspecified atom stereocenters. The number of benzene rings is 1. The summed E-state index contributed by atoms with van der Waals surface area (Å²) in [6, 6.07) is 5.79. The third-order valence-electron chi connectivity index (χ3n) is 4.13. The van der Waals surface area contributed by atoms with Crippen molar-refractivity contribution in [2.45, 2.75) is 20.3 Å². The highest BCUT2D eigenvalue weighted by atomic mass is 35.5. The van der Waals surface area contributed by atoms with Gasteiger partial charge in [0, 0.05) is 38.5 Å². The molecular formula is C17H23ClN2O3. The fourth-order valence-electron chi connectivity index (χ4n) is 2.48. The standard InChI is InChI=1S/C17H23ClN2O3/c1-13-3-4-15(11-14(13)2)23-12-17(22)20-9-7-19(8-10-20)16(21)5-6-18/h3-4,11H,5-10,12H2,1-2H3. The Bertz CT molecular complexity index is 569. The number of hydrogen-bond acceptors (Lipinski definition) is 3. The van der Waals surface area contributed by atoms with Crippen molar-refractivity contribution in [2.75, 3.05) is 38.7 Å². The van der Waals surface area contributed by atoms with E-state index in [1.165, 1.54) is 5.56 Å². The van der Waals surface area contributed by atoms with Crippen LogP contribution in [0.4, 0.5) is 0 Å². The highest BCUT2D eigenvalue weighted by Gasteiger charge is 2.23. The van der Waals surface area contributed by atoms with Crippen molar-refractivity contribution < 1.29 is 14.3 Å². The second kappa shape index (κ2) is 8.20. The zero-order valence-corrected chi connectivity index (χ0v) is 14.4. The molecule has 126 valence electrons. The highest BCUT2D eigenvalue weighted by molar-refractivity contribution is 6.18. The molecule has 1 heterocycles. The monoisotopic (exact) mass is 338 g/mol. The average molecular weight is 339 g/mol. The minimum Gasteiger partial charge on any atom is -0.484 e. The molecule has 6 heteroatoms. The number of rotatable bonds is 5. The fraction of sp³-hybridized carbons (Fsp3) is 0.529. The molecule has 1 saturated heterocycles. The van der Waals surface area contributed by atoms with E-state index in [9.17, 15) is 9.59 Å².